The Bertz CT molecular complexity index is 152. The molecule has 3 nitrogen and oxygen atoms in total. The van der Waals surface area contributed by atoms with Crippen LogP contribution in [0.15, 0.2) is 0 Å². The normalized spacial score (nSPS) is 27.6. The third-order valence-corrected chi connectivity index (χ3v) is 2.68. The van der Waals surface area contributed by atoms with Gasteiger partial charge in [-0.1, -0.05) is 6.92 Å². The maximum Gasteiger partial charge on any atom is 0.0991 e. The molecule has 84 valence electrons. The lowest BCUT2D eigenvalue weighted by atomic mass is 10.1. The van der Waals surface area contributed by atoms with E-state index in [4.69, 9.17) is 9.47 Å². The molecular formula is C11H23NO2. The van der Waals surface area contributed by atoms with Crippen LogP contribution in [0.3, 0.4) is 0 Å². The highest BCUT2D eigenvalue weighted by atomic mass is 16.6. The van der Waals surface area contributed by atoms with Crippen LogP contribution in [0.25, 0.3) is 0 Å². The summed E-state index contributed by atoms with van der Waals surface area (Å²) in [5.41, 5.74) is 0. The number of likely N-dealkylation sites (N-methyl/N-ethyl adjacent to an activating group) is 1. The number of ether oxygens (including phenoxy) is 2. The molecule has 1 aliphatic heterocycles. The van der Waals surface area contributed by atoms with Crippen molar-refractivity contribution in [3.8, 4) is 0 Å². The first-order chi connectivity index (χ1) is 6.79. The molecule has 3 heteroatoms. The molecule has 0 saturated carbocycles. The predicted molar refractivity (Wildman–Crippen MR) is 57.5 cm³/mol. The molecule has 1 aliphatic rings. The van der Waals surface area contributed by atoms with E-state index in [-0.39, 0.29) is 0 Å². The van der Waals surface area contributed by atoms with Crippen LogP contribution in [0.1, 0.15) is 33.1 Å². The third-order valence-electron chi connectivity index (χ3n) is 2.68. The summed E-state index contributed by atoms with van der Waals surface area (Å²) in [5, 5.41) is 3.30. The Morgan fingerprint density at radius 1 is 1.43 bits per heavy atom. The molecule has 3 unspecified atom stereocenters. The minimum atomic E-state index is 0.436. The van der Waals surface area contributed by atoms with Crippen LogP contribution < -0.4 is 5.32 Å². The van der Waals surface area contributed by atoms with Gasteiger partial charge in [0.05, 0.1) is 12.2 Å². The molecule has 0 amide bonds. The molecule has 0 radical (unpaired) electrons. The van der Waals surface area contributed by atoms with Crippen molar-refractivity contribution < 1.29 is 9.47 Å². The van der Waals surface area contributed by atoms with Gasteiger partial charge < -0.3 is 14.8 Å². The molecule has 0 bridgehead atoms. The Kier molecular flexibility index (Phi) is 5.45. The average molecular weight is 201 g/mol. The molecular weight excluding hydrogens is 178 g/mol. The minimum absolute atomic E-state index is 0.436. The standard InChI is InChI=1S/C11H23NO2/c1-4-7-13-8-5-6-10(12-3)11-9(2)14-11/h9-12H,4-8H2,1-3H3. The molecule has 3 atom stereocenters. The fourth-order valence-electron chi connectivity index (χ4n) is 1.75. The van der Waals surface area contributed by atoms with Crippen LogP contribution in [0.2, 0.25) is 0 Å². The third kappa shape index (κ3) is 3.95. The van der Waals surface area contributed by atoms with E-state index >= 15 is 0 Å². The van der Waals surface area contributed by atoms with Crippen LogP contribution in [0, 0.1) is 0 Å². The van der Waals surface area contributed by atoms with Crippen LogP contribution >= 0.6 is 0 Å². The summed E-state index contributed by atoms with van der Waals surface area (Å²) in [6.07, 6.45) is 4.26. The largest absolute Gasteiger partial charge is 0.381 e. The second kappa shape index (κ2) is 6.38. The van der Waals surface area contributed by atoms with Gasteiger partial charge in [0.25, 0.3) is 0 Å². The van der Waals surface area contributed by atoms with Crippen molar-refractivity contribution in [3.05, 3.63) is 0 Å². The van der Waals surface area contributed by atoms with E-state index in [2.05, 4.69) is 19.2 Å². The van der Waals surface area contributed by atoms with Gasteiger partial charge >= 0.3 is 0 Å². The van der Waals surface area contributed by atoms with Gasteiger partial charge in [-0.2, -0.15) is 0 Å². The van der Waals surface area contributed by atoms with Crippen molar-refractivity contribution in [2.24, 2.45) is 0 Å². The monoisotopic (exact) mass is 201 g/mol. The Hall–Kier alpha value is -0.120. The highest BCUT2D eigenvalue weighted by molar-refractivity contribution is 4.91. The molecule has 1 rings (SSSR count). The van der Waals surface area contributed by atoms with E-state index in [0.717, 1.165) is 32.5 Å². The molecule has 0 spiro atoms. The molecule has 0 aromatic heterocycles. The number of hydrogen-bond donors (Lipinski definition) is 1. The van der Waals surface area contributed by atoms with Gasteiger partial charge in [0, 0.05) is 19.3 Å². The van der Waals surface area contributed by atoms with E-state index in [1.165, 1.54) is 0 Å². The topological polar surface area (TPSA) is 33.8 Å². The van der Waals surface area contributed by atoms with Crippen molar-refractivity contribution in [2.45, 2.75) is 51.4 Å². The lowest BCUT2D eigenvalue weighted by molar-refractivity contribution is 0.127. The molecule has 1 saturated heterocycles. The minimum Gasteiger partial charge on any atom is -0.381 e. The number of hydrogen-bond acceptors (Lipinski definition) is 3. The second-order valence-electron chi connectivity index (χ2n) is 3.96. The van der Waals surface area contributed by atoms with Gasteiger partial charge in [-0.05, 0) is 33.2 Å². The van der Waals surface area contributed by atoms with Gasteiger partial charge in [-0.25, -0.2) is 0 Å². The number of rotatable bonds is 8. The van der Waals surface area contributed by atoms with Gasteiger partial charge in [0.2, 0.25) is 0 Å². The zero-order valence-corrected chi connectivity index (χ0v) is 9.58. The first-order valence-corrected chi connectivity index (χ1v) is 5.70. The Balaban J connectivity index is 1.98. The smallest absolute Gasteiger partial charge is 0.0991 e. The summed E-state index contributed by atoms with van der Waals surface area (Å²) in [6, 6.07) is 0.509. The van der Waals surface area contributed by atoms with E-state index in [9.17, 15) is 0 Å². The maximum absolute atomic E-state index is 5.44. The molecule has 14 heavy (non-hydrogen) atoms. The Morgan fingerprint density at radius 3 is 2.64 bits per heavy atom. The second-order valence-corrected chi connectivity index (χ2v) is 3.96. The van der Waals surface area contributed by atoms with E-state index in [1.54, 1.807) is 0 Å². The van der Waals surface area contributed by atoms with Gasteiger partial charge in [0.15, 0.2) is 0 Å². The fourth-order valence-corrected chi connectivity index (χ4v) is 1.75. The highest BCUT2D eigenvalue weighted by Crippen LogP contribution is 2.26. The van der Waals surface area contributed by atoms with Crippen molar-refractivity contribution in [2.75, 3.05) is 20.3 Å². The summed E-state index contributed by atoms with van der Waals surface area (Å²) < 4.78 is 10.9. The Labute approximate surface area is 87.2 Å². The van der Waals surface area contributed by atoms with Crippen LogP contribution in [-0.2, 0) is 9.47 Å². The lowest BCUT2D eigenvalue weighted by Crippen LogP contribution is -2.32. The Morgan fingerprint density at radius 2 is 2.14 bits per heavy atom. The first-order valence-electron chi connectivity index (χ1n) is 5.70. The zero-order chi connectivity index (χ0) is 10.4. The lowest BCUT2D eigenvalue weighted by Gasteiger charge is -2.13. The molecule has 1 N–H and O–H groups in total. The maximum atomic E-state index is 5.44. The SMILES string of the molecule is CCCOCCCC(NC)C1OC1C. The average Bonchev–Trinajstić information content (AvgIpc) is 2.89. The van der Waals surface area contributed by atoms with Crippen LogP contribution in [0.5, 0.6) is 0 Å². The highest BCUT2D eigenvalue weighted by Gasteiger charge is 2.39. The predicted octanol–water partition coefficient (Wildman–Crippen LogP) is 1.57. The van der Waals surface area contributed by atoms with E-state index in [0.29, 0.717) is 18.2 Å². The number of epoxide rings is 1. The molecule has 0 aromatic carbocycles. The molecule has 0 aromatic rings. The van der Waals surface area contributed by atoms with Crippen LogP contribution in [-0.4, -0.2) is 38.5 Å². The molecule has 1 fully saturated rings. The quantitative estimate of drug-likeness (QED) is 0.478. The summed E-state index contributed by atoms with van der Waals surface area (Å²) in [4.78, 5) is 0. The van der Waals surface area contributed by atoms with E-state index in [1.807, 2.05) is 7.05 Å². The fraction of sp³-hybridized carbons (Fsp3) is 1.00. The van der Waals surface area contributed by atoms with Crippen molar-refractivity contribution in [1.29, 1.82) is 0 Å². The van der Waals surface area contributed by atoms with E-state index < -0.39 is 0 Å². The van der Waals surface area contributed by atoms with Crippen molar-refractivity contribution in [3.63, 3.8) is 0 Å². The first kappa shape index (κ1) is 12.0. The van der Waals surface area contributed by atoms with Gasteiger partial charge in [-0.15, -0.1) is 0 Å². The molecule has 0 aliphatic carbocycles. The summed E-state index contributed by atoms with van der Waals surface area (Å²) in [5.74, 6) is 0. The summed E-state index contributed by atoms with van der Waals surface area (Å²) in [6.45, 7) is 6.03. The summed E-state index contributed by atoms with van der Waals surface area (Å²) in [7, 11) is 2.01. The van der Waals surface area contributed by atoms with Crippen LogP contribution in [0.4, 0.5) is 0 Å². The van der Waals surface area contributed by atoms with Gasteiger partial charge in [0.1, 0.15) is 0 Å². The summed E-state index contributed by atoms with van der Waals surface area (Å²) >= 11 is 0. The van der Waals surface area contributed by atoms with Crippen molar-refractivity contribution >= 4 is 0 Å². The van der Waals surface area contributed by atoms with Gasteiger partial charge in [-0.3, -0.25) is 0 Å². The molecule has 1 heterocycles. The van der Waals surface area contributed by atoms with Crippen molar-refractivity contribution in [1.82, 2.24) is 5.32 Å². The number of nitrogens with one attached hydrogen (secondary N) is 1. The zero-order valence-electron chi connectivity index (χ0n) is 9.58.